The molecule has 0 aliphatic rings. The van der Waals surface area contributed by atoms with Gasteiger partial charge in [0.25, 0.3) is 0 Å². The quantitative estimate of drug-likeness (QED) is 0.713. The highest BCUT2D eigenvalue weighted by Gasteiger charge is 2.06. The van der Waals surface area contributed by atoms with Gasteiger partial charge in [-0.15, -0.1) is 0 Å². The van der Waals surface area contributed by atoms with E-state index in [-0.39, 0.29) is 0 Å². The molecule has 0 heterocycles. The van der Waals surface area contributed by atoms with Crippen LogP contribution >= 0.6 is 0 Å². The Kier molecular flexibility index (Phi) is 5.48. The second-order valence-electron chi connectivity index (χ2n) is 5.44. The van der Waals surface area contributed by atoms with Crippen LogP contribution in [0.4, 0.5) is 0 Å². The van der Waals surface area contributed by atoms with E-state index in [0.29, 0.717) is 25.5 Å². The molecule has 3 nitrogen and oxygen atoms in total. The predicted octanol–water partition coefficient (Wildman–Crippen LogP) is 4.10. The third-order valence-electron chi connectivity index (χ3n) is 3.66. The molecule has 3 aromatic carbocycles. The van der Waals surface area contributed by atoms with Gasteiger partial charge in [-0.25, -0.2) is 0 Å². The van der Waals surface area contributed by atoms with E-state index in [0.717, 1.165) is 22.4 Å². The normalized spacial score (nSPS) is 10.4. The molecule has 121 valence electrons. The summed E-state index contributed by atoms with van der Waals surface area (Å²) in [6.45, 7) is 1.40. The lowest BCUT2D eigenvalue weighted by atomic mass is 10.2. The molecule has 0 spiro atoms. The van der Waals surface area contributed by atoms with Crippen molar-refractivity contribution >= 4 is 0 Å². The van der Waals surface area contributed by atoms with Crippen LogP contribution in [0.15, 0.2) is 72.8 Å². The minimum atomic E-state index is 0.402. The summed E-state index contributed by atoms with van der Waals surface area (Å²) in [6, 6.07) is 26.9. The van der Waals surface area contributed by atoms with Crippen molar-refractivity contribution in [1.82, 2.24) is 0 Å². The standard InChI is InChI=1S/C21H20NO2/c22-14-19-11-12-20(23-15-17-7-3-1-4-8-17)13-21(19)24-16-18-9-5-2-6-10-18/h1-11,13H,14-16,22H2. The average molecular weight is 318 g/mol. The van der Waals surface area contributed by atoms with Gasteiger partial charge in [-0.05, 0) is 17.2 Å². The molecule has 0 unspecified atom stereocenters. The van der Waals surface area contributed by atoms with Gasteiger partial charge in [0.2, 0.25) is 0 Å². The van der Waals surface area contributed by atoms with Gasteiger partial charge in [0.05, 0.1) is 0 Å². The van der Waals surface area contributed by atoms with Gasteiger partial charge >= 0.3 is 0 Å². The van der Waals surface area contributed by atoms with E-state index in [1.807, 2.05) is 72.8 Å². The van der Waals surface area contributed by atoms with Crippen LogP contribution in [0.2, 0.25) is 0 Å². The Hall–Kier alpha value is -2.78. The van der Waals surface area contributed by atoms with Gasteiger partial charge in [0, 0.05) is 24.2 Å². The van der Waals surface area contributed by atoms with Crippen molar-refractivity contribution in [1.29, 1.82) is 0 Å². The van der Waals surface area contributed by atoms with Crippen molar-refractivity contribution < 1.29 is 9.47 Å². The van der Waals surface area contributed by atoms with Crippen molar-refractivity contribution in [2.45, 2.75) is 19.8 Å². The minimum Gasteiger partial charge on any atom is -0.488 e. The number of nitrogens with two attached hydrogens (primary N) is 1. The van der Waals surface area contributed by atoms with Crippen molar-refractivity contribution in [2.24, 2.45) is 5.73 Å². The van der Waals surface area contributed by atoms with Crippen LogP contribution in [0, 0.1) is 6.07 Å². The summed E-state index contributed by atoms with van der Waals surface area (Å²) in [5.74, 6) is 1.39. The van der Waals surface area contributed by atoms with E-state index in [1.165, 1.54) is 0 Å². The molecule has 0 fully saturated rings. The maximum Gasteiger partial charge on any atom is 0.131 e. The fourth-order valence-electron chi connectivity index (χ4n) is 2.33. The first-order valence-electron chi connectivity index (χ1n) is 7.93. The van der Waals surface area contributed by atoms with E-state index >= 15 is 0 Å². The zero-order valence-corrected chi connectivity index (χ0v) is 13.4. The predicted molar refractivity (Wildman–Crippen MR) is 94.7 cm³/mol. The highest BCUT2D eigenvalue weighted by molar-refractivity contribution is 5.40. The van der Waals surface area contributed by atoms with Crippen molar-refractivity contribution in [2.75, 3.05) is 0 Å². The zero-order chi connectivity index (χ0) is 16.6. The summed E-state index contributed by atoms with van der Waals surface area (Å²) in [4.78, 5) is 0. The second kappa shape index (κ2) is 8.18. The molecule has 0 amide bonds. The van der Waals surface area contributed by atoms with Gasteiger partial charge in [0.1, 0.15) is 24.7 Å². The molecule has 0 saturated heterocycles. The smallest absolute Gasteiger partial charge is 0.131 e. The van der Waals surface area contributed by atoms with Gasteiger partial charge in [0.15, 0.2) is 0 Å². The first-order chi connectivity index (χ1) is 11.8. The molecule has 0 atom stereocenters. The van der Waals surface area contributed by atoms with Crippen molar-refractivity contribution in [3.8, 4) is 11.5 Å². The SMILES string of the molecule is NCc1c[c]c(OCc2ccccc2)cc1OCc1ccccc1. The summed E-state index contributed by atoms with van der Waals surface area (Å²) in [6.07, 6.45) is 0. The van der Waals surface area contributed by atoms with Gasteiger partial charge in [-0.2, -0.15) is 0 Å². The Labute approximate surface area is 142 Å². The van der Waals surface area contributed by atoms with Crippen LogP contribution in [-0.2, 0) is 19.8 Å². The Morgan fingerprint density at radius 1 is 0.792 bits per heavy atom. The lowest BCUT2D eigenvalue weighted by molar-refractivity contribution is 0.287. The second-order valence-corrected chi connectivity index (χ2v) is 5.44. The summed E-state index contributed by atoms with van der Waals surface area (Å²) in [7, 11) is 0. The fourth-order valence-corrected chi connectivity index (χ4v) is 2.33. The third kappa shape index (κ3) is 4.37. The Bertz CT molecular complexity index is 757. The van der Waals surface area contributed by atoms with Crippen LogP contribution in [0.25, 0.3) is 0 Å². The van der Waals surface area contributed by atoms with Gasteiger partial charge < -0.3 is 15.2 Å². The summed E-state index contributed by atoms with van der Waals surface area (Å²) < 4.78 is 11.7. The number of benzene rings is 3. The molecule has 2 N–H and O–H groups in total. The van der Waals surface area contributed by atoms with Gasteiger partial charge in [-0.3, -0.25) is 0 Å². The van der Waals surface area contributed by atoms with E-state index in [4.69, 9.17) is 15.2 Å². The zero-order valence-electron chi connectivity index (χ0n) is 13.4. The molecule has 0 aliphatic carbocycles. The summed E-state index contributed by atoms with van der Waals surface area (Å²) in [5, 5.41) is 0. The maximum atomic E-state index is 5.93. The number of ether oxygens (including phenoxy) is 2. The molecule has 3 heteroatoms. The largest absolute Gasteiger partial charge is 0.488 e. The molecule has 0 saturated carbocycles. The lowest BCUT2D eigenvalue weighted by Gasteiger charge is -2.13. The van der Waals surface area contributed by atoms with Gasteiger partial charge in [-0.1, -0.05) is 60.7 Å². The molecular weight excluding hydrogens is 298 g/mol. The highest BCUT2D eigenvalue weighted by atomic mass is 16.5. The van der Waals surface area contributed by atoms with E-state index < -0.39 is 0 Å². The van der Waals surface area contributed by atoms with E-state index in [9.17, 15) is 0 Å². The maximum absolute atomic E-state index is 5.93. The molecule has 0 aromatic heterocycles. The van der Waals surface area contributed by atoms with Crippen LogP contribution in [-0.4, -0.2) is 0 Å². The Morgan fingerprint density at radius 3 is 1.96 bits per heavy atom. The first kappa shape index (κ1) is 16.1. The molecule has 0 aliphatic heterocycles. The molecular formula is C21H20NO2. The monoisotopic (exact) mass is 318 g/mol. The fraction of sp³-hybridized carbons (Fsp3) is 0.143. The minimum absolute atomic E-state index is 0.402. The molecule has 24 heavy (non-hydrogen) atoms. The summed E-state index contributed by atoms with van der Waals surface area (Å²) >= 11 is 0. The Morgan fingerprint density at radius 2 is 1.38 bits per heavy atom. The van der Waals surface area contributed by atoms with E-state index in [1.54, 1.807) is 0 Å². The van der Waals surface area contributed by atoms with Crippen LogP contribution in [0.5, 0.6) is 11.5 Å². The van der Waals surface area contributed by atoms with Crippen LogP contribution in [0.3, 0.4) is 0 Å². The highest BCUT2D eigenvalue weighted by Crippen LogP contribution is 2.25. The van der Waals surface area contributed by atoms with Crippen molar-refractivity contribution in [3.05, 3.63) is 95.6 Å². The first-order valence-corrected chi connectivity index (χ1v) is 7.93. The topological polar surface area (TPSA) is 44.5 Å². The molecule has 3 rings (SSSR count). The third-order valence-corrected chi connectivity index (χ3v) is 3.66. The number of hydrogen-bond donors (Lipinski definition) is 1. The van der Waals surface area contributed by atoms with Crippen LogP contribution in [0.1, 0.15) is 16.7 Å². The number of rotatable bonds is 7. The van der Waals surface area contributed by atoms with Crippen LogP contribution < -0.4 is 15.2 Å². The Balaban J connectivity index is 1.68. The molecule has 0 bridgehead atoms. The lowest BCUT2D eigenvalue weighted by Crippen LogP contribution is -2.04. The summed E-state index contributed by atoms with van der Waals surface area (Å²) in [5.41, 5.74) is 8.93. The average Bonchev–Trinajstić information content (AvgIpc) is 2.66. The molecule has 3 aromatic rings. The van der Waals surface area contributed by atoms with E-state index in [2.05, 4.69) is 6.07 Å². The molecule has 1 radical (unpaired) electrons. The number of hydrogen-bond acceptors (Lipinski definition) is 3. The van der Waals surface area contributed by atoms with Crippen molar-refractivity contribution in [3.63, 3.8) is 0 Å².